The minimum Gasteiger partial charge on any atom is -0.478 e. The van der Waals surface area contributed by atoms with Crippen molar-refractivity contribution in [2.45, 2.75) is 11.8 Å². The molecule has 0 spiro atoms. The van der Waals surface area contributed by atoms with Gasteiger partial charge in [0.15, 0.2) is 15.6 Å². The summed E-state index contributed by atoms with van der Waals surface area (Å²) in [6, 6.07) is 12.1. The summed E-state index contributed by atoms with van der Waals surface area (Å²) >= 11 is 0. The van der Waals surface area contributed by atoms with Gasteiger partial charge in [0, 0.05) is 11.1 Å². The maximum Gasteiger partial charge on any atom is 0.336 e. The highest BCUT2D eigenvalue weighted by Gasteiger charge is 2.24. The highest BCUT2D eigenvalue weighted by Crippen LogP contribution is 2.20. The summed E-state index contributed by atoms with van der Waals surface area (Å²) < 4.78 is 25.0. The van der Waals surface area contributed by atoms with E-state index in [1.807, 2.05) is 0 Å². The Kier molecular flexibility index (Phi) is 4.99. The molecule has 2 rings (SSSR count). The molecule has 0 unspecified atom stereocenters. The number of carbonyl (C=O) groups excluding carboxylic acids is 1. The lowest BCUT2D eigenvalue weighted by Crippen LogP contribution is -2.17. The summed E-state index contributed by atoms with van der Waals surface area (Å²) in [5.74, 6) is -2.51. The number of hydrogen-bond acceptors (Lipinski definition) is 4. The maximum absolute atomic E-state index is 12.5. The van der Waals surface area contributed by atoms with E-state index in [1.165, 1.54) is 30.3 Å². The van der Waals surface area contributed by atoms with Crippen LogP contribution >= 0.6 is 0 Å². The molecule has 6 heteroatoms. The molecule has 0 bridgehead atoms. The van der Waals surface area contributed by atoms with Crippen LogP contribution in [0.3, 0.4) is 0 Å². The summed E-state index contributed by atoms with van der Waals surface area (Å²) in [7, 11) is -3.74. The smallest absolute Gasteiger partial charge is 0.336 e. The number of sulfone groups is 1. The third-order valence-electron chi connectivity index (χ3n) is 3.52. The Balaban J connectivity index is 2.32. The number of carboxylic acids is 1. The zero-order valence-electron chi connectivity index (χ0n) is 13.0. The monoisotopic (exact) mass is 344 g/mol. The van der Waals surface area contributed by atoms with Crippen LogP contribution in [0.1, 0.15) is 26.3 Å². The van der Waals surface area contributed by atoms with Crippen molar-refractivity contribution in [2.75, 3.05) is 5.75 Å². The average Bonchev–Trinajstić information content (AvgIpc) is 2.53. The number of aromatic carboxylic acids is 1. The lowest BCUT2D eigenvalue weighted by molar-refractivity contribution is 0.0692. The second kappa shape index (κ2) is 6.80. The number of rotatable bonds is 6. The zero-order valence-corrected chi connectivity index (χ0v) is 13.8. The fourth-order valence-electron chi connectivity index (χ4n) is 2.34. The van der Waals surface area contributed by atoms with E-state index in [4.69, 9.17) is 5.11 Å². The summed E-state index contributed by atoms with van der Waals surface area (Å²) in [5, 5.41) is 9.14. The molecule has 0 aliphatic carbocycles. The van der Waals surface area contributed by atoms with E-state index in [0.717, 1.165) is 0 Å². The Morgan fingerprint density at radius 2 is 1.54 bits per heavy atom. The van der Waals surface area contributed by atoms with Crippen LogP contribution in [-0.2, 0) is 9.84 Å². The largest absolute Gasteiger partial charge is 0.478 e. The lowest BCUT2D eigenvalue weighted by atomic mass is 10.00. The van der Waals surface area contributed by atoms with E-state index >= 15 is 0 Å². The Morgan fingerprint density at radius 3 is 2.12 bits per heavy atom. The second-order valence-corrected chi connectivity index (χ2v) is 7.27. The molecule has 0 heterocycles. The minimum absolute atomic E-state index is 0.0741. The van der Waals surface area contributed by atoms with Crippen molar-refractivity contribution in [3.05, 3.63) is 77.4 Å². The first-order chi connectivity index (χ1) is 11.2. The van der Waals surface area contributed by atoms with Crippen molar-refractivity contribution < 1.29 is 23.1 Å². The van der Waals surface area contributed by atoms with Crippen molar-refractivity contribution in [3.63, 3.8) is 0 Å². The Morgan fingerprint density at radius 1 is 1.00 bits per heavy atom. The molecule has 0 radical (unpaired) electrons. The van der Waals surface area contributed by atoms with E-state index in [1.54, 1.807) is 25.1 Å². The number of benzene rings is 2. The molecule has 0 atom stereocenters. The molecule has 24 heavy (non-hydrogen) atoms. The van der Waals surface area contributed by atoms with Crippen molar-refractivity contribution in [1.29, 1.82) is 0 Å². The van der Waals surface area contributed by atoms with Gasteiger partial charge in [-0.3, -0.25) is 4.79 Å². The normalized spacial score (nSPS) is 11.0. The third kappa shape index (κ3) is 3.60. The first-order valence-electron chi connectivity index (χ1n) is 7.07. The quantitative estimate of drug-likeness (QED) is 0.643. The SMILES string of the molecule is C=C(CS(=O)(=O)c1ccccc1C)C(=O)c1ccccc1C(=O)O. The van der Waals surface area contributed by atoms with Crippen LogP contribution in [0.15, 0.2) is 65.6 Å². The summed E-state index contributed by atoms with van der Waals surface area (Å²) in [6.45, 7) is 5.21. The molecule has 5 nitrogen and oxygen atoms in total. The van der Waals surface area contributed by atoms with Gasteiger partial charge in [0.2, 0.25) is 0 Å². The topological polar surface area (TPSA) is 88.5 Å². The zero-order chi connectivity index (χ0) is 17.9. The fourth-order valence-corrected chi connectivity index (χ4v) is 3.93. The molecule has 0 aliphatic rings. The molecular weight excluding hydrogens is 328 g/mol. The highest BCUT2D eigenvalue weighted by molar-refractivity contribution is 7.91. The summed E-state index contributed by atoms with van der Waals surface area (Å²) in [4.78, 5) is 23.8. The van der Waals surface area contributed by atoms with E-state index in [0.29, 0.717) is 5.56 Å². The van der Waals surface area contributed by atoms with Gasteiger partial charge in [-0.15, -0.1) is 0 Å². The third-order valence-corrected chi connectivity index (χ3v) is 5.37. The number of aryl methyl sites for hydroxylation is 1. The Labute approximate surface area is 140 Å². The van der Waals surface area contributed by atoms with Gasteiger partial charge in [-0.25, -0.2) is 13.2 Å². The van der Waals surface area contributed by atoms with Crippen LogP contribution in [0.4, 0.5) is 0 Å². The molecular formula is C18H16O5S. The Hall–Kier alpha value is -2.73. The Bertz CT molecular complexity index is 926. The molecule has 2 aromatic carbocycles. The maximum atomic E-state index is 12.5. The average molecular weight is 344 g/mol. The van der Waals surface area contributed by atoms with E-state index in [9.17, 15) is 18.0 Å². The van der Waals surface area contributed by atoms with Gasteiger partial charge >= 0.3 is 5.97 Å². The minimum atomic E-state index is -3.74. The molecule has 0 fully saturated rings. The molecule has 0 aliphatic heterocycles. The van der Waals surface area contributed by atoms with Crippen LogP contribution in [0, 0.1) is 6.92 Å². The van der Waals surface area contributed by atoms with Gasteiger partial charge in [-0.2, -0.15) is 0 Å². The van der Waals surface area contributed by atoms with Crippen molar-refractivity contribution >= 4 is 21.6 Å². The number of ketones is 1. The summed E-state index contributed by atoms with van der Waals surface area (Å²) in [6.07, 6.45) is 0. The van der Waals surface area contributed by atoms with Crippen LogP contribution < -0.4 is 0 Å². The molecule has 0 saturated carbocycles. The van der Waals surface area contributed by atoms with Gasteiger partial charge in [-0.05, 0) is 24.6 Å². The van der Waals surface area contributed by atoms with Crippen molar-refractivity contribution in [1.82, 2.24) is 0 Å². The first kappa shape index (κ1) is 17.6. The number of Topliss-reactive ketones (excluding diaryl/α,β-unsaturated/α-hetero) is 1. The van der Waals surface area contributed by atoms with Gasteiger partial charge < -0.3 is 5.11 Å². The lowest BCUT2D eigenvalue weighted by Gasteiger charge is -2.10. The van der Waals surface area contributed by atoms with E-state index in [-0.39, 0.29) is 21.6 Å². The molecule has 2 aromatic rings. The highest BCUT2D eigenvalue weighted by atomic mass is 32.2. The van der Waals surface area contributed by atoms with E-state index in [2.05, 4.69) is 6.58 Å². The van der Waals surface area contributed by atoms with Gasteiger partial charge in [-0.1, -0.05) is 43.0 Å². The van der Waals surface area contributed by atoms with Crippen molar-refractivity contribution in [2.24, 2.45) is 0 Å². The fraction of sp³-hybridized carbons (Fsp3) is 0.111. The number of carbonyl (C=O) groups is 2. The summed E-state index contributed by atoms with van der Waals surface area (Å²) in [5.41, 5.74) is 0.141. The number of hydrogen-bond donors (Lipinski definition) is 1. The standard InChI is InChI=1S/C18H16O5S/c1-12-7-3-6-10-16(12)24(22,23)11-13(2)17(19)14-8-4-5-9-15(14)18(20)21/h3-10H,2,11H2,1H3,(H,20,21). The first-order valence-corrected chi connectivity index (χ1v) is 8.72. The molecule has 1 N–H and O–H groups in total. The molecule has 0 saturated heterocycles. The second-order valence-electron chi connectivity index (χ2n) is 5.31. The van der Waals surface area contributed by atoms with Crippen molar-refractivity contribution in [3.8, 4) is 0 Å². The molecule has 0 amide bonds. The van der Waals surface area contributed by atoms with Crippen LogP contribution in [0.5, 0.6) is 0 Å². The van der Waals surface area contributed by atoms with Crippen LogP contribution in [-0.4, -0.2) is 31.0 Å². The van der Waals surface area contributed by atoms with Gasteiger partial charge in [0.05, 0.1) is 16.2 Å². The predicted molar refractivity (Wildman–Crippen MR) is 90.1 cm³/mol. The predicted octanol–water partition coefficient (Wildman–Crippen LogP) is 2.91. The molecule has 124 valence electrons. The van der Waals surface area contributed by atoms with Gasteiger partial charge in [0.1, 0.15) is 0 Å². The van der Waals surface area contributed by atoms with E-state index < -0.39 is 27.3 Å². The number of carboxylic acid groups (broad SMARTS) is 1. The van der Waals surface area contributed by atoms with Crippen LogP contribution in [0.25, 0.3) is 0 Å². The van der Waals surface area contributed by atoms with Gasteiger partial charge in [0.25, 0.3) is 0 Å². The van der Waals surface area contributed by atoms with Crippen LogP contribution in [0.2, 0.25) is 0 Å². The molecule has 0 aromatic heterocycles.